The van der Waals surface area contributed by atoms with Gasteiger partial charge in [-0.15, -0.1) is 5.10 Å². The van der Waals surface area contributed by atoms with Crippen molar-refractivity contribution in [3.8, 4) is 0 Å². The average Bonchev–Trinajstić information content (AvgIpc) is 2.87. The summed E-state index contributed by atoms with van der Waals surface area (Å²) in [5.74, 6) is 1.72. The normalized spacial score (nSPS) is 15.9. The Morgan fingerprint density at radius 1 is 1.11 bits per heavy atom. The lowest BCUT2D eigenvalue weighted by atomic mass is 10.1. The predicted octanol–water partition coefficient (Wildman–Crippen LogP) is 3.29. The number of nitrogens with one attached hydrogen (secondary N) is 1. The van der Waals surface area contributed by atoms with E-state index in [0.29, 0.717) is 17.6 Å². The zero-order valence-electron chi connectivity index (χ0n) is 20.9. The van der Waals surface area contributed by atoms with E-state index in [2.05, 4.69) is 56.2 Å². The zero-order valence-corrected chi connectivity index (χ0v) is 20.9. The van der Waals surface area contributed by atoms with Crippen LogP contribution in [0.5, 0.6) is 0 Å². The van der Waals surface area contributed by atoms with Crippen LogP contribution in [0, 0.1) is 0 Å². The Morgan fingerprint density at radius 3 is 2.71 bits per heavy atom. The molecule has 9 heteroatoms. The predicted molar refractivity (Wildman–Crippen MR) is 143 cm³/mol. The van der Waals surface area contributed by atoms with Gasteiger partial charge in [-0.05, 0) is 55.8 Å². The number of nitrogens with zero attached hydrogens (tertiary/aromatic N) is 7. The molecule has 0 unspecified atom stereocenters. The highest BCUT2D eigenvalue weighted by atomic mass is 15.2. The minimum absolute atomic E-state index is 0.372. The van der Waals surface area contributed by atoms with Gasteiger partial charge in [0.1, 0.15) is 5.82 Å². The fourth-order valence-electron chi connectivity index (χ4n) is 3.96. The second-order valence-electron chi connectivity index (χ2n) is 9.27. The van der Waals surface area contributed by atoms with Gasteiger partial charge < -0.3 is 20.9 Å². The van der Waals surface area contributed by atoms with Crippen LogP contribution in [0.25, 0.3) is 16.6 Å². The summed E-state index contributed by atoms with van der Waals surface area (Å²) in [6.07, 6.45) is 8.04. The molecular formula is C26H35N9. The summed E-state index contributed by atoms with van der Waals surface area (Å²) in [5, 5.41) is 11.5. The van der Waals surface area contributed by atoms with Crippen LogP contribution in [0.1, 0.15) is 37.3 Å². The summed E-state index contributed by atoms with van der Waals surface area (Å²) >= 11 is 0. The third kappa shape index (κ3) is 6.80. The molecule has 0 saturated carbocycles. The molecule has 0 aromatic carbocycles. The van der Waals surface area contributed by atoms with E-state index in [9.17, 15) is 0 Å². The van der Waals surface area contributed by atoms with Crippen LogP contribution in [0.2, 0.25) is 0 Å². The largest absolute Gasteiger partial charge is 0.404 e. The van der Waals surface area contributed by atoms with Crippen molar-refractivity contribution in [3.63, 3.8) is 0 Å². The molecular weight excluding hydrogens is 438 g/mol. The molecule has 3 N–H and O–H groups in total. The van der Waals surface area contributed by atoms with Gasteiger partial charge in [0.15, 0.2) is 5.82 Å². The molecule has 3 aromatic rings. The Labute approximate surface area is 207 Å². The maximum Gasteiger partial charge on any atom is 0.154 e. The van der Waals surface area contributed by atoms with Crippen molar-refractivity contribution < 1.29 is 0 Å². The molecule has 0 radical (unpaired) electrons. The van der Waals surface area contributed by atoms with Gasteiger partial charge in [-0.2, -0.15) is 5.10 Å². The van der Waals surface area contributed by atoms with E-state index in [1.807, 2.05) is 36.7 Å². The van der Waals surface area contributed by atoms with Crippen molar-refractivity contribution in [2.45, 2.75) is 26.2 Å². The summed E-state index contributed by atoms with van der Waals surface area (Å²) in [4.78, 5) is 18.8. The molecule has 3 aromatic heterocycles. The first-order chi connectivity index (χ1) is 17.0. The van der Waals surface area contributed by atoms with Gasteiger partial charge in [0.25, 0.3) is 0 Å². The summed E-state index contributed by atoms with van der Waals surface area (Å²) in [7, 11) is 2.18. The molecule has 1 aliphatic rings. The van der Waals surface area contributed by atoms with Crippen LogP contribution in [-0.4, -0.2) is 82.5 Å². The Morgan fingerprint density at radius 2 is 1.94 bits per heavy atom. The standard InChI is InChI=1S/C26H35N9/c1-19(2)20-14-26(33-30-18-20)32-25-6-5-23-24(31-25)13-21(17-29-23)22(15-27)16-28-7-4-8-35-11-9-34(3)10-12-35/h5-6,13-19H,4,7-12,27H2,1-3H3,(H,31,32,33). The van der Waals surface area contributed by atoms with Gasteiger partial charge in [0.2, 0.25) is 0 Å². The van der Waals surface area contributed by atoms with Crippen molar-refractivity contribution in [2.75, 3.05) is 51.6 Å². The number of allylic oxidation sites excluding steroid dienone is 1. The number of pyridine rings is 2. The van der Waals surface area contributed by atoms with Crippen LogP contribution >= 0.6 is 0 Å². The van der Waals surface area contributed by atoms with Crippen molar-refractivity contribution in [3.05, 3.63) is 54.0 Å². The number of hydrogen-bond donors (Lipinski definition) is 2. The lowest BCUT2D eigenvalue weighted by Crippen LogP contribution is -2.44. The van der Waals surface area contributed by atoms with Crippen LogP contribution in [0.3, 0.4) is 0 Å². The van der Waals surface area contributed by atoms with Crippen molar-refractivity contribution >= 4 is 34.5 Å². The molecule has 0 aliphatic carbocycles. The summed E-state index contributed by atoms with van der Waals surface area (Å²) < 4.78 is 0. The number of anilines is 2. The minimum atomic E-state index is 0.372. The number of nitrogens with two attached hydrogens (primary N) is 1. The highest BCUT2D eigenvalue weighted by Crippen LogP contribution is 2.21. The first-order valence-corrected chi connectivity index (χ1v) is 12.2. The van der Waals surface area contributed by atoms with Crippen molar-refractivity contribution in [1.82, 2.24) is 30.0 Å². The SMILES string of the molecule is CC(C)c1cnnc(Nc2ccc3ncc(C(C=NCCCN4CCN(C)CC4)=CN)cc3n2)c1. The fraction of sp³-hybridized carbons (Fsp3) is 0.423. The van der Waals surface area contributed by atoms with Crippen LogP contribution in [0.15, 0.2) is 47.9 Å². The van der Waals surface area contributed by atoms with Crippen LogP contribution in [0.4, 0.5) is 11.6 Å². The van der Waals surface area contributed by atoms with Crippen molar-refractivity contribution in [1.29, 1.82) is 0 Å². The fourth-order valence-corrected chi connectivity index (χ4v) is 3.96. The highest BCUT2D eigenvalue weighted by molar-refractivity contribution is 6.10. The number of fused-ring (bicyclic) bond motifs is 1. The third-order valence-corrected chi connectivity index (χ3v) is 6.24. The number of rotatable bonds is 9. The second-order valence-corrected chi connectivity index (χ2v) is 9.27. The monoisotopic (exact) mass is 473 g/mol. The molecule has 1 fully saturated rings. The molecule has 0 spiro atoms. The molecule has 184 valence electrons. The number of likely N-dealkylation sites (N-methyl/N-ethyl adjacent to an activating group) is 1. The smallest absolute Gasteiger partial charge is 0.154 e. The van der Waals surface area contributed by atoms with E-state index in [1.165, 1.54) is 0 Å². The topological polar surface area (TPSA) is 108 Å². The number of aliphatic imine (C=N–C) groups is 1. The van der Waals surface area contributed by atoms with Gasteiger partial charge in [0, 0.05) is 62.5 Å². The number of aromatic nitrogens is 4. The molecule has 0 amide bonds. The molecule has 4 rings (SSSR count). The quantitative estimate of drug-likeness (QED) is 0.360. The summed E-state index contributed by atoms with van der Waals surface area (Å²) in [5.41, 5.74) is 10.3. The van der Waals surface area contributed by atoms with E-state index in [-0.39, 0.29) is 0 Å². The maximum absolute atomic E-state index is 5.92. The lowest BCUT2D eigenvalue weighted by Gasteiger charge is -2.32. The molecule has 0 atom stereocenters. The van der Waals surface area contributed by atoms with Gasteiger partial charge in [0.05, 0.1) is 17.2 Å². The minimum Gasteiger partial charge on any atom is -0.404 e. The average molecular weight is 474 g/mol. The summed E-state index contributed by atoms with van der Waals surface area (Å²) in [6, 6.07) is 7.80. The number of hydrogen-bond acceptors (Lipinski definition) is 9. The Balaban J connectivity index is 1.39. The van der Waals surface area contributed by atoms with Gasteiger partial charge in [-0.3, -0.25) is 9.98 Å². The first-order valence-electron chi connectivity index (χ1n) is 12.2. The first kappa shape index (κ1) is 24.7. The molecule has 0 bridgehead atoms. The molecule has 4 heterocycles. The molecule has 1 saturated heterocycles. The molecule has 1 aliphatic heterocycles. The molecule has 35 heavy (non-hydrogen) atoms. The highest BCUT2D eigenvalue weighted by Gasteiger charge is 2.12. The van der Waals surface area contributed by atoms with E-state index >= 15 is 0 Å². The second kappa shape index (κ2) is 11.8. The van der Waals surface area contributed by atoms with E-state index in [0.717, 1.165) is 73.4 Å². The lowest BCUT2D eigenvalue weighted by molar-refractivity contribution is 0.153. The maximum atomic E-state index is 5.92. The zero-order chi connectivity index (χ0) is 24.6. The van der Waals surface area contributed by atoms with E-state index in [4.69, 9.17) is 10.7 Å². The van der Waals surface area contributed by atoms with Gasteiger partial charge >= 0.3 is 0 Å². The van der Waals surface area contributed by atoms with E-state index in [1.54, 1.807) is 12.4 Å². The summed E-state index contributed by atoms with van der Waals surface area (Å²) in [6.45, 7) is 10.7. The van der Waals surface area contributed by atoms with Gasteiger partial charge in [-0.1, -0.05) is 13.8 Å². The Bertz CT molecular complexity index is 1180. The molecule has 9 nitrogen and oxygen atoms in total. The van der Waals surface area contributed by atoms with Crippen LogP contribution in [-0.2, 0) is 0 Å². The number of piperazine rings is 1. The third-order valence-electron chi connectivity index (χ3n) is 6.24. The Kier molecular flexibility index (Phi) is 8.33. The van der Waals surface area contributed by atoms with Crippen molar-refractivity contribution in [2.24, 2.45) is 10.7 Å². The van der Waals surface area contributed by atoms with E-state index < -0.39 is 0 Å². The van der Waals surface area contributed by atoms with Crippen LogP contribution < -0.4 is 11.1 Å². The van der Waals surface area contributed by atoms with Gasteiger partial charge in [-0.25, -0.2) is 4.98 Å². The Hall–Kier alpha value is -3.43.